The van der Waals surface area contributed by atoms with Crippen molar-refractivity contribution < 1.29 is 23.4 Å². The molecule has 0 amide bonds. The van der Waals surface area contributed by atoms with Crippen LogP contribution in [0, 0.1) is 5.41 Å². The minimum Gasteiger partial charge on any atom is -0.497 e. The van der Waals surface area contributed by atoms with Gasteiger partial charge < -0.3 is 9.84 Å². The van der Waals surface area contributed by atoms with Gasteiger partial charge in [-0.15, -0.1) is 0 Å². The summed E-state index contributed by atoms with van der Waals surface area (Å²) in [6.07, 6.45) is 0.0305. The molecule has 0 spiro atoms. The Kier molecular flexibility index (Phi) is 2.56. The lowest BCUT2D eigenvalue weighted by Gasteiger charge is -2.23. The number of alkyl halides is 2. The molecule has 1 N–H and O–H groups in total. The first-order valence-electron chi connectivity index (χ1n) is 5.20. The topological polar surface area (TPSA) is 46.5 Å². The van der Waals surface area contributed by atoms with Crippen molar-refractivity contribution in [1.29, 1.82) is 0 Å². The normalized spacial score (nSPS) is 17.6. The average Bonchev–Trinajstić information content (AvgIpc) is 3.10. The van der Waals surface area contributed by atoms with Crippen LogP contribution in [-0.4, -0.2) is 18.2 Å². The number of benzene rings is 1. The van der Waals surface area contributed by atoms with Gasteiger partial charge in [-0.1, -0.05) is 0 Å². The highest BCUT2D eigenvalue weighted by molar-refractivity contribution is 5.79. The lowest BCUT2D eigenvalue weighted by Crippen LogP contribution is -2.34. The Hall–Kier alpha value is -1.65. The van der Waals surface area contributed by atoms with E-state index >= 15 is 0 Å². The van der Waals surface area contributed by atoms with E-state index in [-0.39, 0.29) is 18.4 Å². The number of ether oxygens (including phenoxy) is 1. The molecule has 0 atom stereocenters. The van der Waals surface area contributed by atoms with Crippen molar-refractivity contribution >= 4 is 5.97 Å². The number of carboxylic acid groups (broad SMARTS) is 1. The van der Waals surface area contributed by atoms with E-state index in [1.807, 2.05) is 0 Å². The van der Waals surface area contributed by atoms with Crippen molar-refractivity contribution in [1.82, 2.24) is 0 Å². The van der Waals surface area contributed by atoms with Crippen LogP contribution in [0.25, 0.3) is 0 Å². The van der Waals surface area contributed by atoms with Gasteiger partial charge in [0.05, 0.1) is 7.11 Å². The van der Waals surface area contributed by atoms with Crippen LogP contribution in [0.15, 0.2) is 24.3 Å². The summed E-state index contributed by atoms with van der Waals surface area (Å²) < 4.78 is 33.0. The van der Waals surface area contributed by atoms with Crippen LogP contribution in [0.5, 0.6) is 5.75 Å². The number of methoxy groups -OCH3 is 1. The largest absolute Gasteiger partial charge is 0.497 e. The van der Waals surface area contributed by atoms with Crippen molar-refractivity contribution in [3.8, 4) is 5.75 Å². The highest BCUT2D eigenvalue weighted by Gasteiger charge is 2.68. The minimum atomic E-state index is -3.34. The van der Waals surface area contributed by atoms with Crippen LogP contribution in [0.3, 0.4) is 0 Å². The first kappa shape index (κ1) is 11.8. The Morgan fingerprint density at radius 3 is 2.24 bits per heavy atom. The molecule has 2 rings (SSSR count). The van der Waals surface area contributed by atoms with Crippen molar-refractivity contribution in [2.75, 3.05) is 7.11 Å². The zero-order valence-electron chi connectivity index (χ0n) is 9.24. The maximum Gasteiger partial charge on any atom is 0.316 e. The average molecular weight is 242 g/mol. The molecule has 0 bridgehead atoms. The summed E-state index contributed by atoms with van der Waals surface area (Å²) >= 11 is 0. The van der Waals surface area contributed by atoms with Gasteiger partial charge in [0.1, 0.15) is 11.2 Å². The number of carbonyl (C=O) groups is 1. The van der Waals surface area contributed by atoms with E-state index < -0.39 is 17.3 Å². The van der Waals surface area contributed by atoms with Crippen molar-refractivity contribution in [3.05, 3.63) is 29.8 Å². The molecular weight excluding hydrogens is 230 g/mol. The van der Waals surface area contributed by atoms with Gasteiger partial charge in [-0.2, -0.15) is 0 Å². The molecule has 0 radical (unpaired) electrons. The quantitative estimate of drug-likeness (QED) is 0.882. The first-order valence-corrected chi connectivity index (χ1v) is 5.20. The van der Waals surface area contributed by atoms with E-state index in [4.69, 9.17) is 9.84 Å². The molecule has 3 nitrogen and oxygen atoms in total. The lowest BCUT2D eigenvalue weighted by molar-refractivity contribution is -0.163. The fourth-order valence-corrected chi connectivity index (χ4v) is 1.86. The number of hydrogen-bond donors (Lipinski definition) is 1. The van der Waals surface area contributed by atoms with Gasteiger partial charge >= 0.3 is 5.97 Å². The molecule has 92 valence electrons. The zero-order chi connectivity index (χ0) is 12.7. The molecule has 1 fully saturated rings. The summed E-state index contributed by atoms with van der Waals surface area (Å²) in [6, 6.07) is 5.23. The molecule has 1 aromatic rings. The molecule has 1 aromatic carbocycles. The summed E-state index contributed by atoms with van der Waals surface area (Å²) in [7, 11) is 1.44. The van der Waals surface area contributed by atoms with E-state index in [0.29, 0.717) is 5.75 Å². The summed E-state index contributed by atoms with van der Waals surface area (Å²) in [4.78, 5) is 10.9. The SMILES string of the molecule is COc1ccc(C(F)(F)C2(C(=O)O)CC2)cc1. The maximum atomic E-state index is 14.1. The molecule has 0 heterocycles. The predicted molar refractivity (Wildman–Crippen MR) is 56.2 cm³/mol. The summed E-state index contributed by atoms with van der Waals surface area (Å²) in [5.41, 5.74) is -2.19. The van der Waals surface area contributed by atoms with E-state index in [0.717, 1.165) is 0 Å². The van der Waals surface area contributed by atoms with E-state index in [9.17, 15) is 13.6 Å². The molecule has 5 heteroatoms. The second-order valence-electron chi connectivity index (χ2n) is 4.19. The second-order valence-corrected chi connectivity index (χ2v) is 4.19. The van der Waals surface area contributed by atoms with Gasteiger partial charge in [0.2, 0.25) is 0 Å². The molecule has 1 aliphatic rings. The van der Waals surface area contributed by atoms with Crippen molar-refractivity contribution in [2.45, 2.75) is 18.8 Å². The number of carboxylic acids is 1. The van der Waals surface area contributed by atoms with Crippen LogP contribution < -0.4 is 4.74 Å². The van der Waals surface area contributed by atoms with Gasteiger partial charge in [0.25, 0.3) is 5.92 Å². The van der Waals surface area contributed by atoms with Gasteiger partial charge in [0, 0.05) is 5.56 Å². The molecule has 0 aromatic heterocycles. The van der Waals surface area contributed by atoms with Crippen LogP contribution in [0.1, 0.15) is 18.4 Å². The molecule has 17 heavy (non-hydrogen) atoms. The van der Waals surface area contributed by atoms with Crippen LogP contribution in [0.2, 0.25) is 0 Å². The first-order chi connectivity index (χ1) is 7.94. The third kappa shape index (κ3) is 1.66. The number of rotatable bonds is 4. The highest BCUT2D eigenvalue weighted by Crippen LogP contribution is 2.61. The zero-order valence-corrected chi connectivity index (χ0v) is 9.24. The molecular formula is C12H12F2O3. The standard InChI is InChI=1S/C12H12F2O3/c1-17-9-4-2-8(3-5-9)12(13,14)11(6-7-11)10(15)16/h2-5H,6-7H2,1H3,(H,15,16). The smallest absolute Gasteiger partial charge is 0.316 e. The Morgan fingerprint density at radius 1 is 1.35 bits per heavy atom. The van der Waals surface area contributed by atoms with Crippen LogP contribution in [-0.2, 0) is 10.7 Å². The predicted octanol–water partition coefficient (Wildman–Crippen LogP) is 2.65. The highest BCUT2D eigenvalue weighted by atomic mass is 19.3. The molecule has 1 aliphatic carbocycles. The van der Waals surface area contributed by atoms with E-state index in [2.05, 4.69) is 0 Å². The van der Waals surface area contributed by atoms with Crippen molar-refractivity contribution in [3.63, 3.8) is 0 Å². The Morgan fingerprint density at radius 2 is 1.88 bits per heavy atom. The van der Waals surface area contributed by atoms with E-state index in [1.165, 1.54) is 31.4 Å². The fourth-order valence-electron chi connectivity index (χ4n) is 1.86. The van der Waals surface area contributed by atoms with Gasteiger partial charge in [-0.05, 0) is 37.1 Å². The number of hydrogen-bond acceptors (Lipinski definition) is 2. The molecule has 1 saturated carbocycles. The minimum absolute atomic E-state index is 0.0152. The van der Waals surface area contributed by atoms with Gasteiger partial charge in [-0.25, -0.2) is 8.78 Å². The van der Waals surface area contributed by atoms with E-state index in [1.54, 1.807) is 0 Å². The lowest BCUT2D eigenvalue weighted by atomic mass is 9.91. The third-order valence-electron chi connectivity index (χ3n) is 3.21. The maximum absolute atomic E-state index is 14.1. The Bertz CT molecular complexity index is 436. The van der Waals surface area contributed by atoms with Crippen molar-refractivity contribution in [2.24, 2.45) is 5.41 Å². The molecule has 0 unspecified atom stereocenters. The Balaban J connectivity index is 2.34. The monoisotopic (exact) mass is 242 g/mol. The van der Waals surface area contributed by atoms with Gasteiger partial charge in [0.15, 0.2) is 0 Å². The summed E-state index contributed by atoms with van der Waals surface area (Å²) in [6.45, 7) is 0. The van der Waals surface area contributed by atoms with Crippen LogP contribution in [0.4, 0.5) is 8.78 Å². The fraction of sp³-hybridized carbons (Fsp3) is 0.417. The molecule has 0 saturated heterocycles. The van der Waals surface area contributed by atoms with Gasteiger partial charge in [-0.3, -0.25) is 4.79 Å². The molecule has 0 aliphatic heterocycles. The third-order valence-corrected chi connectivity index (χ3v) is 3.21. The number of halogens is 2. The summed E-state index contributed by atoms with van der Waals surface area (Å²) in [5.74, 6) is -4.31. The Labute approximate surface area is 97.0 Å². The summed E-state index contributed by atoms with van der Waals surface area (Å²) in [5, 5.41) is 8.90. The number of aliphatic carboxylic acids is 1. The second kappa shape index (κ2) is 3.68. The van der Waals surface area contributed by atoms with Crippen LogP contribution >= 0.6 is 0 Å².